The molecule has 0 aliphatic carbocycles. The number of aromatic nitrogens is 2. The molecule has 0 saturated carbocycles. The fourth-order valence-corrected chi connectivity index (χ4v) is 1.88. The van der Waals surface area contributed by atoms with Crippen LogP contribution in [0.1, 0.15) is 17.5 Å². The third-order valence-corrected chi connectivity index (χ3v) is 2.86. The van der Waals surface area contributed by atoms with Crippen LogP contribution in [0.5, 0.6) is 0 Å². The fourth-order valence-electron chi connectivity index (χ4n) is 1.88. The van der Waals surface area contributed by atoms with Gasteiger partial charge in [0, 0.05) is 18.7 Å². The minimum atomic E-state index is -0.555. The van der Waals surface area contributed by atoms with Crippen molar-refractivity contribution < 1.29 is 5.11 Å². The summed E-state index contributed by atoms with van der Waals surface area (Å²) >= 11 is 0. The Labute approximate surface area is 89.9 Å². The highest BCUT2D eigenvalue weighted by molar-refractivity contribution is 5.21. The molecule has 2 rings (SSSR count). The van der Waals surface area contributed by atoms with E-state index in [2.05, 4.69) is 17.0 Å². The minimum absolute atomic E-state index is 0.555. The summed E-state index contributed by atoms with van der Waals surface area (Å²) < 4.78 is 1.99. The van der Waals surface area contributed by atoms with Crippen molar-refractivity contribution in [1.29, 1.82) is 0 Å². The monoisotopic (exact) mass is 210 g/mol. The van der Waals surface area contributed by atoms with Crippen LogP contribution in [0, 0.1) is 0 Å². The number of aliphatic hydroxyl groups is 1. The number of rotatable bonds is 2. The third kappa shape index (κ3) is 1.90. The van der Waals surface area contributed by atoms with E-state index in [1.807, 2.05) is 18.8 Å². The van der Waals surface area contributed by atoms with Gasteiger partial charge in [0.1, 0.15) is 6.23 Å². The molecule has 1 aliphatic rings. The zero-order valence-electron chi connectivity index (χ0n) is 9.51. The molecule has 1 atom stereocenters. The van der Waals surface area contributed by atoms with Crippen LogP contribution in [-0.4, -0.2) is 52.4 Å². The van der Waals surface area contributed by atoms with E-state index in [9.17, 15) is 5.11 Å². The Morgan fingerprint density at radius 3 is 2.87 bits per heavy atom. The lowest BCUT2D eigenvalue weighted by molar-refractivity contribution is 0.0376. The highest BCUT2D eigenvalue weighted by atomic mass is 16.3. The van der Waals surface area contributed by atoms with Gasteiger partial charge in [-0.3, -0.25) is 14.5 Å². The summed E-state index contributed by atoms with van der Waals surface area (Å²) in [6, 6.07) is 0. The summed E-state index contributed by atoms with van der Waals surface area (Å²) in [4.78, 5) is 4.02. The van der Waals surface area contributed by atoms with Gasteiger partial charge in [0.15, 0.2) is 0 Å². The first-order valence-electron chi connectivity index (χ1n) is 5.17. The van der Waals surface area contributed by atoms with Crippen LogP contribution in [0.15, 0.2) is 6.20 Å². The van der Waals surface area contributed by atoms with E-state index in [4.69, 9.17) is 0 Å². The van der Waals surface area contributed by atoms with Crippen LogP contribution in [-0.2, 0) is 13.1 Å². The maximum Gasteiger partial charge on any atom is 0.136 e. The lowest BCUT2D eigenvalue weighted by Gasteiger charge is -2.26. The van der Waals surface area contributed by atoms with Crippen LogP contribution < -0.4 is 0 Å². The van der Waals surface area contributed by atoms with Crippen LogP contribution in [0.2, 0.25) is 0 Å². The molecule has 0 saturated heterocycles. The Morgan fingerprint density at radius 1 is 1.47 bits per heavy atom. The largest absolute Gasteiger partial charge is 0.374 e. The summed E-state index contributed by atoms with van der Waals surface area (Å²) in [5, 5.41) is 14.3. The zero-order chi connectivity index (χ0) is 11.0. The Morgan fingerprint density at radius 2 is 2.20 bits per heavy atom. The second kappa shape index (κ2) is 3.92. The topological polar surface area (TPSA) is 44.5 Å². The molecule has 2 heterocycles. The van der Waals surface area contributed by atoms with Gasteiger partial charge in [-0.15, -0.1) is 0 Å². The van der Waals surface area contributed by atoms with Crippen molar-refractivity contribution in [1.82, 2.24) is 19.6 Å². The Hall–Kier alpha value is -0.910. The summed E-state index contributed by atoms with van der Waals surface area (Å²) in [7, 11) is 5.81. The minimum Gasteiger partial charge on any atom is -0.374 e. The molecule has 1 aliphatic heterocycles. The molecule has 1 unspecified atom stereocenters. The Kier molecular flexibility index (Phi) is 2.77. The molecule has 5 heteroatoms. The molecule has 0 radical (unpaired) electrons. The average Bonchev–Trinajstić information content (AvgIpc) is 2.59. The molecule has 0 fully saturated rings. The first kappa shape index (κ1) is 10.6. The second-order valence-corrected chi connectivity index (χ2v) is 4.34. The van der Waals surface area contributed by atoms with E-state index in [-0.39, 0.29) is 0 Å². The molecule has 15 heavy (non-hydrogen) atoms. The van der Waals surface area contributed by atoms with Gasteiger partial charge in [0.05, 0.1) is 18.4 Å². The quantitative estimate of drug-likeness (QED) is 0.691. The maximum absolute atomic E-state index is 9.98. The smallest absolute Gasteiger partial charge is 0.136 e. The number of hydrogen-bond donors (Lipinski definition) is 1. The van der Waals surface area contributed by atoms with Gasteiger partial charge < -0.3 is 5.11 Å². The first-order chi connectivity index (χ1) is 7.09. The standard InChI is InChI=1S/C10H18N4O/c1-12(2)10(15)8-6-11-14-5-4-13(3)7-9(8)14/h6,10,15H,4-5,7H2,1-3H3. The van der Waals surface area contributed by atoms with Crippen molar-refractivity contribution >= 4 is 0 Å². The molecule has 84 valence electrons. The predicted octanol–water partition coefficient (Wildman–Crippen LogP) is -0.119. The molecule has 1 N–H and O–H groups in total. The van der Waals surface area contributed by atoms with Gasteiger partial charge in [-0.05, 0) is 21.1 Å². The maximum atomic E-state index is 9.98. The molecule has 0 spiro atoms. The molecule has 0 bridgehead atoms. The number of aliphatic hydroxyl groups excluding tert-OH is 1. The van der Waals surface area contributed by atoms with Crippen LogP contribution in [0.25, 0.3) is 0 Å². The molecule has 5 nitrogen and oxygen atoms in total. The van der Waals surface area contributed by atoms with Crippen molar-refractivity contribution in [2.75, 3.05) is 27.7 Å². The number of nitrogens with zero attached hydrogens (tertiary/aromatic N) is 4. The molecule has 0 amide bonds. The zero-order valence-corrected chi connectivity index (χ0v) is 9.51. The van der Waals surface area contributed by atoms with E-state index < -0.39 is 6.23 Å². The second-order valence-electron chi connectivity index (χ2n) is 4.34. The Bertz CT molecular complexity index is 347. The number of fused-ring (bicyclic) bond motifs is 1. The molecule has 1 aromatic rings. The van der Waals surface area contributed by atoms with Gasteiger partial charge in [-0.1, -0.05) is 0 Å². The summed E-state index contributed by atoms with van der Waals surface area (Å²) in [5.74, 6) is 0. The molecule has 1 aromatic heterocycles. The average molecular weight is 210 g/mol. The van der Waals surface area contributed by atoms with Crippen LogP contribution in [0.4, 0.5) is 0 Å². The van der Waals surface area contributed by atoms with Crippen LogP contribution >= 0.6 is 0 Å². The summed E-state index contributed by atoms with van der Waals surface area (Å²) in [6.45, 7) is 2.79. The number of hydrogen-bond acceptors (Lipinski definition) is 4. The highest BCUT2D eigenvalue weighted by Crippen LogP contribution is 2.22. The number of likely N-dealkylation sites (N-methyl/N-ethyl adjacent to an activating group) is 1. The molecule has 0 aromatic carbocycles. The van der Waals surface area contributed by atoms with Crippen molar-refractivity contribution in [2.45, 2.75) is 19.3 Å². The van der Waals surface area contributed by atoms with Gasteiger partial charge >= 0.3 is 0 Å². The van der Waals surface area contributed by atoms with E-state index in [1.165, 1.54) is 0 Å². The normalized spacial score (nSPS) is 19.3. The third-order valence-electron chi connectivity index (χ3n) is 2.86. The van der Waals surface area contributed by atoms with E-state index in [0.29, 0.717) is 0 Å². The van der Waals surface area contributed by atoms with E-state index in [0.717, 1.165) is 30.9 Å². The lowest BCUT2D eigenvalue weighted by atomic mass is 10.2. The van der Waals surface area contributed by atoms with Crippen molar-refractivity contribution in [3.63, 3.8) is 0 Å². The molecular formula is C10H18N4O. The van der Waals surface area contributed by atoms with E-state index in [1.54, 1.807) is 11.1 Å². The fraction of sp³-hybridized carbons (Fsp3) is 0.700. The van der Waals surface area contributed by atoms with Gasteiger partial charge in [-0.25, -0.2) is 0 Å². The van der Waals surface area contributed by atoms with Gasteiger partial charge in [0.25, 0.3) is 0 Å². The van der Waals surface area contributed by atoms with Gasteiger partial charge in [0.2, 0.25) is 0 Å². The van der Waals surface area contributed by atoms with Gasteiger partial charge in [-0.2, -0.15) is 5.10 Å². The van der Waals surface area contributed by atoms with E-state index >= 15 is 0 Å². The predicted molar refractivity (Wildman–Crippen MR) is 57.2 cm³/mol. The van der Waals surface area contributed by atoms with Crippen molar-refractivity contribution in [3.05, 3.63) is 17.5 Å². The first-order valence-corrected chi connectivity index (χ1v) is 5.17. The Balaban J connectivity index is 2.30. The van der Waals surface area contributed by atoms with Crippen molar-refractivity contribution in [2.24, 2.45) is 0 Å². The lowest BCUT2D eigenvalue weighted by Crippen LogP contribution is -2.32. The summed E-state index contributed by atoms with van der Waals surface area (Å²) in [5.41, 5.74) is 2.05. The summed E-state index contributed by atoms with van der Waals surface area (Å²) in [6.07, 6.45) is 1.22. The van der Waals surface area contributed by atoms with Crippen molar-refractivity contribution in [3.8, 4) is 0 Å². The molecular weight excluding hydrogens is 192 g/mol. The highest BCUT2D eigenvalue weighted by Gasteiger charge is 2.22. The SMILES string of the molecule is CN1CCn2ncc(C(O)N(C)C)c2C1. The van der Waals surface area contributed by atoms with Crippen LogP contribution in [0.3, 0.4) is 0 Å².